The largest absolute Gasteiger partial charge is 0.316 e. The van der Waals surface area contributed by atoms with E-state index in [0.29, 0.717) is 0 Å². The fourth-order valence-electron chi connectivity index (χ4n) is 2.72. The highest BCUT2D eigenvalue weighted by Crippen LogP contribution is 2.30. The molecule has 1 saturated carbocycles. The number of nitrogens with one attached hydrogen (secondary N) is 1. The minimum Gasteiger partial charge on any atom is -0.316 e. The van der Waals surface area contributed by atoms with Gasteiger partial charge in [0.15, 0.2) is 0 Å². The summed E-state index contributed by atoms with van der Waals surface area (Å²) in [6.07, 6.45) is 11.7. The number of hydrogen-bond acceptors (Lipinski definition) is 1. The molecule has 88 valence electrons. The zero-order chi connectivity index (χ0) is 10.9. The van der Waals surface area contributed by atoms with E-state index < -0.39 is 0 Å². The van der Waals surface area contributed by atoms with Crippen molar-refractivity contribution in [1.29, 1.82) is 0 Å². The normalized spacial score (nSPS) is 27.3. The summed E-state index contributed by atoms with van der Waals surface area (Å²) in [6.45, 7) is 8.54. The van der Waals surface area contributed by atoms with Crippen LogP contribution in [0, 0.1) is 11.8 Å². The molecule has 0 bridgehead atoms. The van der Waals surface area contributed by atoms with E-state index in [1.54, 1.807) is 0 Å². The van der Waals surface area contributed by atoms with Crippen LogP contribution in [0.1, 0.15) is 51.9 Å². The molecule has 0 amide bonds. The molecule has 1 rings (SSSR count). The van der Waals surface area contributed by atoms with Gasteiger partial charge in [0.1, 0.15) is 0 Å². The molecule has 1 fully saturated rings. The average Bonchev–Trinajstić information content (AvgIpc) is 2.45. The molecule has 1 aliphatic carbocycles. The molecule has 1 N–H and O–H groups in total. The minimum atomic E-state index is 0.898. The first-order valence-corrected chi connectivity index (χ1v) is 6.70. The van der Waals surface area contributed by atoms with E-state index in [2.05, 4.69) is 24.9 Å². The predicted molar refractivity (Wildman–Crippen MR) is 68.0 cm³/mol. The van der Waals surface area contributed by atoms with Crippen molar-refractivity contribution in [1.82, 2.24) is 5.32 Å². The molecule has 0 heterocycles. The van der Waals surface area contributed by atoms with Crippen molar-refractivity contribution < 1.29 is 0 Å². The first-order chi connectivity index (χ1) is 7.38. The fourth-order valence-corrected chi connectivity index (χ4v) is 2.72. The zero-order valence-electron chi connectivity index (χ0n) is 10.3. The lowest BCUT2D eigenvalue weighted by Crippen LogP contribution is -2.28. The van der Waals surface area contributed by atoms with Gasteiger partial charge < -0.3 is 5.32 Å². The second-order valence-electron chi connectivity index (χ2n) is 4.89. The van der Waals surface area contributed by atoms with E-state index in [4.69, 9.17) is 0 Å². The van der Waals surface area contributed by atoms with Crippen LogP contribution in [0.3, 0.4) is 0 Å². The SMILES string of the molecule is C=CCC1CCCCCC1CNCCC. The molecule has 0 radical (unpaired) electrons. The Morgan fingerprint density at radius 1 is 1.20 bits per heavy atom. The van der Waals surface area contributed by atoms with Gasteiger partial charge in [-0.25, -0.2) is 0 Å². The van der Waals surface area contributed by atoms with Crippen LogP contribution in [-0.4, -0.2) is 13.1 Å². The first-order valence-electron chi connectivity index (χ1n) is 6.70. The van der Waals surface area contributed by atoms with Crippen LogP contribution in [0.15, 0.2) is 12.7 Å². The molecule has 0 aromatic carbocycles. The Bertz CT molecular complexity index is 165. The second kappa shape index (κ2) is 7.92. The van der Waals surface area contributed by atoms with E-state index in [1.807, 2.05) is 0 Å². The Morgan fingerprint density at radius 3 is 2.60 bits per heavy atom. The summed E-state index contributed by atoms with van der Waals surface area (Å²) in [5.41, 5.74) is 0. The van der Waals surface area contributed by atoms with Crippen molar-refractivity contribution in [2.75, 3.05) is 13.1 Å². The molecule has 0 aliphatic heterocycles. The third-order valence-corrected chi connectivity index (χ3v) is 3.62. The smallest absolute Gasteiger partial charge is 0.00178 e. The lowest BCUT2D eigenvalue weighted by molar-refractivity contribution is 0.302. The lowest BCUT2D eigenvalue weighted by atomic mass is 9.85. The number of allylic oxidation sites excluding steroid dienone is 1. The van der Waals surface area contributed by atoms with Crippen molar-refractivity contribution in [3.05, 3.63) is 12.7 Å². The van der Waals surface area contributed by atoms with Crippen LogP contribution in [0.4, 0.5) is 0 Å². The van der Waals surface area contributed by atoms with Crippen molar-refractivity contribution in [2.24, 2.45) is 11.8 Å². The summed E-state index contributed by atoms with van der Waals surface area (Å²) < 4.78 is 0. The van der Waals surface area contributed by atoms with Gasteiger partial charge in [0, 0.05) is 0 Å². The molecule has 15 heavy (non-hydrogen) atoms. The van der Waals surface area contributed by atoms with Gasteiger partial charge in [0.2, 0.25) is 0 Å². The van der Waals surface area contributed by atoms with Gasteiger partial charge in [-0.3, -0.25) is 0 Å². The molecule has 2 unspecified atom stereocenters. The Kier molecular flexibility index (Phi) is 6.74. The lowest BCUT2D eigenvalue weighted by Gasteiger charge is -2.24. The maximum absolute atomic E-state index is 3.90. The van der Waals surface area contributed by atoms with Crippen LogP contribution >= 0.6 is 0 Å². The van der Waals surface area contributed by atoms with Crippen molar-refractivity contribution in [2.45, 2.75) is 51.9 Å². The van der Waals surface area contributed by atoms with Crippen LogP contribution in [0.25, 0.3) is 0 Å². The van der Waals surface area contributed by atoms with Gasteiger partial charge in [-0.1, -0.05) is 32.3 Å². The summed E-state index contributed by atoms with van der Waals surface area (Å²) >= 11 is 0. The van der Waals surface area contributed by atoms with Crippen LogP contribution in [0.5, 0.6) is 0 Å². The maximum atomic E-state index is 3.90. The Morgan fingerprint density at radius 2 is 1.93 bits per heavy atom. The van der Waals surface area contributed by atoms with Gasteiger partial charge in [-0.05, 0) is 50.6 Å². The molecule has 0 spiro atoms. The predicted octanol–water partition coefficient (Wildman–Crippen LogP) is 3.76. The highest BCUT2D eigenvalue weighted by Gasteiger charge is 2.21. The summed E-state index contributed by atoms with van der Waals surface area (Å²) in [4.78, 5) is 0. The van der Waals surface area contributed by atoms with E-state index in [9.17, 15) is 0 Å². The third-order valence-electron chi connectivity index (χ3n) is 3.62. The van der Waals surface area contributed by atoms with Gasteiger partial charge in [0.25, 0.3) is 0 Å². The van der Waals surface area contributed by atoms with E-state index in [-0.39, 0.29) is 0 Å². The van der Waals surface area contributed by atoms with Crippen molar-refractivity contribution >= 4 is 0 Å². The van der Waals surface area contributed by atoms with Gasteiger partial charge in [-0.15, -0.1) is 6.58 Å². The monoisotopic (exact) mass is 209 g/mol. The van der Waals surface area contributed by atoms with E-state index in [0.717, 1.165) is 11.8 Å². The molecule has 0 aromatic rings. The van der Waals surface area contributed by atoms with Gasteiger partial charge in [-0.2, -0.15) is 0 Å². The fraction of sp³-hybridized carbons (Fsp3) is 0.857. The minimum absolute atomic E-state index is 0.898. The Balaban J connectivity index is 2.35. The summed E-state index contributed by atoms with van der Waals surface area (Å²) in [7, 11) is 0. The first kappa shape index (κ1) is 12.8. The molecule has 1 aliphatic rings. The highest BCUT2D eigenvalue weighted by molar-refractivity contribution is 4.81. The molecule has 0 aromatic heterocycles. The number of rotatable bonds is 6. The molecule has 0 saturated heterocycles. The molecule has 1 nitrogen and oxygen atoms in total. The maximum Gasteiger partial charge on any atom is -0.00178 e. The standard InChI is InChI=1S/C14H27N/c1-3-8-13-9-6-5-7-10-14(13)12-15-11-4-2/h3,13-15H,1,4-12H2,2H3. The van der Waals surface area contributed by atoms with Crippen LogP contribution in [-0.2, 0) is 0 Å². The molecular weight excluding hydrogens is 182 g/mol. The Labute approximate surface area is 95.3 Å². The second-order valence-corrected chi connectivity index (χ2v) is 4.89. The van der Waals surface area contributed by atoms with E-state index in [1.165, 1.54) is 58.0 Å². The average molecular weight is 209 g/mol. The van der Waals surface area contributed by atoms with Crippen molar-refractivity contribution in [3.8, 4) is 0 Å². The van der Waals surface area contributed by atoms with Gasteiger partial charge >= 0.3 is 0 Å². The topological polar surface area (TPSA) is 12.0 Å². The summed E-state index contributed by atoms with van der Waals surface area (Å²) in [5, 5.41) is 3.59. The zero-order valence-corrected chi connectivity index (χ0v) is 10.3. The van der Waals surface area contributed by atoms with Crippen LogP contribution in [0.2, 0.25) is 0 Å². The molecular formula is C14H27N. The van der Waals surface area contributed by atoms with E-state index >= 15 is 0 Å². The summed E-state index contributed by atoms with van der Waals surface area (Å²) in [6, 6.07) is 0. The molecule has 1 heteroatoms. The van der Waals surface area contributed by atoms with Crippen LogP contribution < -0.4 is 5.32 Å². The third kappa shape index (κ3) is 4.83. The number of hydrogen-bond donors (Lipinski definition) is 1. The summed E-state index contributed by atoms with van der Waals surface area (Å²) in [5.74, 6) is 1.80. The molecule has 2 atom stereocenters. The highest BCUT2D eigenvalue weighted by atomic mass is 14.9. The Hall–Kier alpha value is -0.300. The van der Waals surface area contributed by atoms with Crippen molar-refractivity contribution in [3.63, 3.8) is 0 Å². The quantitative estimate of drug-likeness (QED) is 0.399. The van der Waals surface area contributed by atoms with Gasteiger partial charge in [0.05, 0.1) is 0 Å².